The zero-order chi connectivity index (χ0) is 17.1. The van der Waals surface area contributed by atoms with Crippen LogP contribution in [-0.4, -0.2) is 69.4 Å². The van der Waals surface area contributed by atoms with Crippen LogP contribution in [-0.2, 0) is 18.9 Å². The Hall–Kier alpha value is 0.110. The van der Waals surface area contributed by atoms with Gasteiger partial charge >= 0.3 is 0 Å². The van der Waals surface area contributed by atoms with E-state index in [0.29, 0.717) is 32.5 Å². The average Bonchev–Trinajstić information content (AvgIpc) is 3.17. The number of epoxide rings is 1. The molecule has 1 saturated heterocycles. The van der Waals surface area contributed by atoms with E-state index < -0.39 is 0 Å². The van der Waals surface area contributed by atoms with Gasteiger partial charge in [-0.1, -0.05) is 27.7 Å². The van der Waals surface area contributed by atoms with Crippen LogP contribution in [0.4, 0.5) is 0 Å². The van der Waals surface area contributed by atoms with Gasteiger partial charge in [0.05, 0.1) is 33.0 Å². The number of nitrogens with one attached hydrogen (secondary N) is 2. The van der Waals surface area contributed by atoms with Crippen molar-refractivity contribution in [3.05, 3.63) is 0 Å². The molecule has 2 atom stereocenters. The van der Waals surface area contributed by atoms with E-state index >= 15 is 0 Å². The normalized spacial score (nSPS) is 21.1. The van der Waals surface area contributed by atoms with Gasteiger partial charge in [0.15, 0.2) is 12.5 Å². The van der Waals surface area contributed by atoms with Gasteiger partial charge in [-0.15, -0.1) is 0 Å². The molecule has 0 aromatic rings. The van der Waals surface area contributed by atoms with Crippen molar-refractivity contribution in [2.45, 2.75) is 57.4 Å². The van der Waals surface area contributed by atoms with Crippen molar-refractivity contribution in [2.24, 2.45) is 0 Å². The summed E-state index contributed by atoms with van der Waals surface area (Å²) in [7, 11) is 0. The van der Waals surface area contributed by atoms with Crippen molar-refractivity contribution >= 4 is 12.6 Å². The molecule has 0 amide bonds. The Morgan fingerprint density at radius 2 is 1.70 bits per heavy atom. The van der Waals surface area contributed by atoms with Crippen molar-refractivity contribution < 1.29 is 18.9 Å². The summed E-state index contributed by atoms with van der Waals surface area (Å²) >= 11 is 4.46. The Kier molecular flexibility index (Phi) is 10.7. The zero-order valence-corrected chi connectivity index (χ0v) is 15.9. The molecule has 0 aromatic heterocycles. The van der Waals surface area contributed by atoms with Crippen LogP contribution in [0.2, 0.25) is 0 Å². The Bertz CT molecular complexity index is 300. The number of hydrogen-bond donors (Lipinski definition) is 3. The molecular weight excluding hydrogens is 316 g/mol. The molecule has 2 N–H and O–H groups in total. The van der Waals surface area contributed by atoms with E-state index in [9.17, 15) is 0 Å². The highest BCUT2D eigenvalue weighted by Crippen LogP contribution is 2.23. The fourth-order valence-corrected chi connectivity index (χ4v) is 1.90. The van der Waals surface area contributed by atoms with E-state index in [1.807, 2.05) is 0 Å². The lowest BCUT2D eigenvalue weighted by molar-refractivity contribution is 0.0459. The summed E-state index contributed by atoms with van der Waals surface area (Å²) in [6.45, 7) is 13.3. The van der Waals surface area contributed by atoms with E-state index in [-0.39, 0.29) is 17.3 Å². The molecule has 7 heteroatoms. The molecule has 1 aliphatic rings. The van der Waals surface area contributed by atoms with Crippen LogP contribution in [0, 0.1) is 0 Å². The van der Waals surface area contributed by atoms with Gasteiger partial charge in [0.1, 0.15) is 0 Å². The Morgan fingerprint density at radius 3 is 2.30 bits per heavy atom. The minimum absolute atomic E-state index is 0.0000116. The minimum Gasteiger partial charge on any atom is -0.378 e. The van der Waals surface area contributed by atoms with Crippen LogP contribution in [0.5, 0.6) is 0 Å². The van der Waals surface area contributed by atoms with Crippen molar-refractivity contribution in [3.63, 3.8) is 0 Å². The van der Waals surface area contributed by atoms with Crippen molar-refractivity contribution in [3.8, 4) is 0 Å². The SMILES string of the molecule is CC(C)NCCOCCOCCNC1O[C@@H]1OCCC(C)(C)S. The summed E-state index contributed by atoms with van der Waals surface area (Å²) in [6, 6.07) is 0.503. The fraction of sp³-hybridized carbons (Fsp3) is 1.00. The van der Waals surface area contributed by atoms with Crippen LogP contribution in [0.15, 0.2) is 0 Å². The molecule has 0 bridgehead atoms. The van der Waals surface area contributed by atoms with Gasteiger partial charge in [0.25, 0.3) is 0 Å². The van der Waals surface area contributed by atoms with Crippen molar-refractivity contribution in [2.75, 3.05) is 46.1 Å². The second-order valence-electron chi connectivity index (χ2n) is 6.65. The van der Waals surface area contributed by atoms with E-state index in [1.54, 1.807) is 0 Å². The maximum absolute atomic E-state index is 5.59. The standard InChI is InChI=1S/C16H34N2O4S/c1-13(2)17-6-9-19-11-12-20-10-7-18-14-15(22-14)21-8-5-16(3,4)23/h13-15,17-18,23H,5-12H2,1-4H3/t14?,15-/m0/s1. The second-order valence-corrected chi connectivity index (χ2v) is 7.86. The summed E-state index contributed by atoms with van der Waals surface area (Å²) in [4.78, 5) is 0. The first-order valence-corrected chi connectivity index (χ1v) is 8.95. The highest BCUT2D eigenvalue weighted by Gasteiger charge is 2.39. The Balaban J connectivity index is 1.77. The predicted molar refractivity (Wildman–Crippen MR) is 95.1 cm³/mol. The first-order valence-electron chi connectivity index (χ1n) is 8.50. The highest BCUT2D eigenvalue weighted by atomic mass is 32.1. The molecule has 0 aliphatic carbocycles. The molecule has 0 spiro atoms. The van der Waals surface area contributed by atoms with Crippen LogP contribution in [0.1, 0.15) is 34.1 Å². The van der Waals surface area contributed by atoms with Crippen molar-refractivity contribution in [1.82, 2.24) is 10.6 Å². The van der Waals surface area contributed by atoms with E-state index in [1.165, 1.54) is 0 Å². The molecule has 1 aliphatic heterocycles. The van der Waals surface area contributed by atoms with Gasteiger partial charge in [0.2, 0.25) is 0 Å². The lowest BCUT2D eigenvalue weighted by Crippen LogP contribution is -2.27. The molecule has 1 unspecified atom stereocenters. The Morgan fingerprint density at radius 1 is 1.04 bits per heavy atom. The summed E-state index contributed by atoms with van der Waals surface area (Å²) in [6.07, 6.45) is 0.779. The third kappa shape index (κ3) is 13.1. The number of rotatable bonds is 15. The van der Waals surface area contributed by atoms with Crippen molar-refractivity contribution in [1.29, 1.82) is 0 Å². The Labute approximate surface area is 146 Å². The van der Waals surface area contributed by atoms with E-state index in [0.717, 1.165) is 26.1 Å². The molecule has 1 heterocycles. The quantitative estimate of drug-likeness (QED) is 0.236. The smallest absolute Gasteiger partial charge is 0.199 e. The van der Waals surface area contributed by atoms with Gasteiger partial charge < -0.3 is 24.3 Å². The van der Waals surface area contributed by atoms with Gasteiger partial charge in [-0.2, -0.15) is 12.6 Å². The first kappa shape index (κ1) is 21.2. The van der Waals surface area contributed by atoms with Crippen LogP contribution < -0.4 is 10.6 Å². The van der Waals surface area contributed by atoms with E-state index in [4.69, 9.17) is 18.9 Å². The summed E-state index contributed by atoms with van der Waals surface area (Å²) in [5.41, 5.74) is 0. The third-order valence-electron chi connectivity index (χ3n) is 3.21. The number of hydrogen-bond acceptors (Lipinski definition) is 7. The number of ether oxygens (including phenoxy) is 4. The van der Waals surface area contributed by atoms with Gasteiger partial charge in [0, 0.05) is 23.9 Å². The predicted octanol–water partition coefficient (Wildman–Crippen LogP) is 1.40. The van der Waals surface area contributed by atoms with Gasteiger partial charge in [-0.25, -0.2) is 0 Å². The topological polar surface area (TPSA) is 64.3 Å². The average molecular weight is 351 g/mol. The maximum Gasteiger partial charge on any atom is 0.199 e. The molecule has 6 nitrogen and oxygen atoms in total. The largest absolute Gasteiger partial charge is 0.378 e. The molecule has 138 valence electrons. The molecule has 0 radical (unpaired) electrons. The molecule has 1 fully saturated rings. The molecule has 23 heavy (non-hydrogen) atoms. The van der Waals surface area contributed by atoms with E-state index in [2.05, 4.69) is 51.0 Å². The molecule has 0 saturated carbocycles. The molecular formula is C16H34N2O4S. The zero-order valence-electron chi connectivity index (χ0n) is 15.0. The summed E-state index contributed by atoms with van der Waals surface area (Å²) < 4.78 is 21.9. The molecule has 1 rings (SSSR count). The lowest BCUT2D eigenvalue weighted by atomic mass is 10.1. The molecule has 0 aromatic carbocycles. The van der Waals surface area contributed by atoms with Crippen LogP contribution in [0.25, 0.3) is 0 Å². The number of thiol groups is 1. The summed E-state index contributed by atoms with van der Waals surface area (Å²) in [5, 5.41) is 6.53. The third-order valence-corrected chi connectivity index (χ3v) is 3.43. The highest BCUT2D eigenvalue weighted by molar-refractivity contribution is 7.81. The van der Waals surface area contributed by atoms with Crippen LogP contribution in [0.3, 0.4) is 0 Å². The lowest BCUT2D eigenvalue weighted by Gasteiger charge is -2.16. The van der Waals surface area contributed by atoms with Crippen LogP contribution >= 0.6 is 12.6 Å². The first-order chi connectivity index (χ1) is 10.9. The van der Waals surface area contributed by atoms with Gasteiger partial charge in [-0.05, 0) is 6.42 Å². The monoisotopic (exact) mass is 350 g/mol. The second kappa shape index (κ2) is 11.6. The van der Waals surface area contributed by atoms with Gasteiger partial charge in [-0.3, -0.25) is 5.32 Å². The summed E-state index contributed by atoms with van der Waals surface area (Å²) in [5.74, 6) is 0. The maximum atomic E-state index is 5.59. The minimum atomic E-state index is -0.123. The fourth-order valence-electron chi connectivity index (χ4n) is 1.81.